The summed E-state index contributed by atoms with van der Waals surface area (Å²) in [5, 5.41) is 12.7. The molecule has 1 unspecified atom stereocenters. The Labute approximate surface area is 128 Å². The van der Waals surface area contributed by atoms with Crippen LogP contribution in [0.1, 0.15) is 42.1 Å². The Morgan fingerprint density at radius 1 is 1.14 bits per heavy atom. The molecule has 0 aliphatic heterocycles. The van der Waals surface area contributed by atoms with Crippen LogP contribution in [0, 0.1) is 20.8 Å². The van der Waals surface area contributed by atoms with Crippen LogP contribution < -0.4 is 5.32 Å². The lowest BCUT2D eigenvalue weighted by atomic mass is 9.96. The summed E-state index contributed by atoms with van der Waals surface area (Å²) in [5.41, 5.74) is 4.22. The highest BCUT2D eigenvalue weighted by molar-refractivity contribution is 5.76. The Balaban J connectivity index is 2.83. The number of nitrogens with zero attached hydrogens (tertiary/aromatic N) is 1. The van der Waals surface area contributed by atoms with Gasteiger partial charge in [-0.05, 0) is 56.1 Å². The summed E-state index contributed by atoms with van der Waals surface area (Å²) in [6, 6.07) is 3.42. The molecular weight excluding hydrogens is 264 g/mol. The maximum atomic E-state index is 11.6. The van der Waals surface area contributed by atoms with E-state index in [0.717, 1.165) is 36.3 Å². The van der Waals surface area contributed by atoms with Crippen molar-refractivity contribution in [3.63, 3.8) is 0 Å². The molecule has 0 radical (unpaired) electrons. The average molecular weight is 292 g/mol. The van der Waals surface area contributed by atoms with Crippen LogP contribution in [0.15, 0.2) is 12.1 Å². The van der Waals surface area contributed by atoms with Gasteiger partial charge in [0.15, 0.2) is 0 Å². The first-order chi connectivity index (χ1) is 9.90. The monoisotopic (exact) mass is 292 g/mol. The highest BCUT2D eigenvalue weighted by Gasteiger charge is 2.21. The Morgan fingerprint density at radius 2 is 1.71 bits per heavy atom. The van der Waals surface area contributed by atoms with E-state index in [1.165, 1.54) is 5.56 Å². The molecule has 1 aromatic carbocycles. The van der Waals surface area contributed by atoms with Crippen LogP contribution in [0.3, 0.4) is 0 Å². The van der Waals surface area contributed by atoms with Gasteiger partial charge in [-0.25, -0.2) is 0 Å². The van der Waals surface area contributed by atoms with Gasteiger partial charge in [0.05, 0.1) is 0 Å². The SMILES string of the molecule is CCN(CC)CCNC(C(=O)O)c1cc(C)c(C)cc1C. The summed E-state index contributed by atoms with van der Waals surface area (Å²) >= 11 is 0. The number of aryl methyl sites for hydroxylation is 3. The van der Waals surface area contributed by atoms with Gasteiger partial charge in [-0.15, -0.1) is 0 Å². The molecule has 1 rings (SSSR count). The molecule has 0 aromatic heterocycles. The quantitative estimate of drug-likeness (QED) is 0.773. The third-order valence-corrected chi connectivity index (χ3v) is 4.11. The predicted octanol–water partition coefficient (Wildman–Crippen LogP) is 2.67. The van der Waals surface area contributed by atoms with Crippen LogP contribution in [0.25, 0.3) is 0 Å². The topological polar surface area (TPSA) is 52.6 Å². The Morgan fingerprint density at radius 3 is 2.24 bits per heavy atom. The van der Waals surface area contributed by atoms with Crippen molar-refractivity contribution in [3.8, 4) is 0 Å². The molecule has 0 saturated carbocycles. The van der Waals surface area contributed by atoms with Crippen molar-refractivity contribution in [1.29, 1.82) is 0 Å². The number of rotatable bonds is 8. The number of nitrogens with one attached hydrogen (secondary N) is 1. The van der Waals surface area contributed by atoms with Gasteiger partial charge in [-0.1, -0.05) is 26.0 Å². The van der Waals surface area contributed by atoms with E-state index in [4.69, 9.17) is 0 Å². The van der Waals surface area contributed by atoms with Crippen LogP contribution in [0.5, 0.6) is 0 Å². The molecule has 118 valence electrons. The lowest BCUT2D eigenvalue weighted by Crippen LogP contribution is -2.36. The van der Waals surface area contributed by atoms with Crippen molar-refractivity contribution in [1.82, 2.24) is 10.2 Å². The Kier molecular flexibility index (Phi) is 6.85. The largest absolute Gasteiger partial charge is 0.480 e. The van der Waals surface area contributed by atoms with Gasteiger partial charge in [0.2, 0.25) is 0 Å². The summed E-state index contributed by atoms with van der Waals surface area (Å²) < 4.78 is 0. The van der Waals surface area contributed by atoms with E-state index < -0.39 is 12.0 Å². The minimum atomic E-state index is -0.819. The predicted molar refractivity (Wildman–Crippen MR) is 86.8 cm³/mol. The van der Waals surface area contributed by atoms with E-state index >= 15 is 0 Å². The third kappa shape index (κ3) is 4.83. The van der Waals surface area contributed by atoms with Gasteiger partial charge >= 0.3 is 5.97 Å². The Hall–Kier alpha value is -1.39. The summed E-state index contributed by atoms with van der Waals surface area (Å²) in [7, 11) is 0. The van der Waals surface area contributed by atoms with Crippen LogP contribution in [-0.2, 0) is 4.79 Å². The molecule has 21 heavy (non-hydrogen) atoms. The molecule has 0 aliphatic carbocycles. The summed E-state index contributed by atoms with van der Waals surface area (Å²) in [6.45, 7) is 13.8. The highest BCUT2D eigenvalue weighted by Crippen LogP contribution is 2.22. The molecule has 0 spiro atoms. The van der Waals surface area contributed by atoms with Gasteiger partial charge in [-0.2, -0.15) is 0 Å². The zero-order valence-corrected chi connectivity index (χ0v) is 13.9. The molecule has 1 aromatic rings. The fourth-order valence-corrected chi connectivity index (χ4v) is 2.53. The van der Waals surface area contributed by atoms with Crippen LogP contribution in [0.4, 0.5) is 0 Å². The number of carboxylic acid groups (broad SMARTS) is 1. The molecule has 0 saturated heterocycles. The van der Waals surface area contributed by atoms with Gasteiger partial charge in [0, 0.05) is 13.1 Å². The molecule has 4 heteroatoms. The highest BCUT2D eigenvalue weighted by atomic mass is 16.4. The van der Waals surface area contributed by atoms with Crippen molar-refractivity contribution < 1.29 is 9.90 Å². The maximum absolute atomic E-state index is 11.6. The maximum Gasteiger partial charge on any atom is 0.325 e. The van der Waals surface area contributed by atoms with Crippen LogP contribution >= 0.6 is 0 Å². The van der Waals surface area contributed by atoms with Crippen LogP contribution in [0.2, 0.25) is 0 Å². The first kappa shape index (κ1) is 17.7. The number of benzene rings is 1. The van der Waals surface area contributed by atoms with E-state index in [1.54, 1.807) is 0 Å². The average Bonchev–Trinajstić information content (AvgIpc) is 2.43. The fraction of sp³-hybridized carbons (Fsp3) is 0.588. The molecule has 1 atom stereocenters. The molecule has 0 aliphatic rings. The summed E-state index contributed by atoms with van der Waals surface area (Å²) in [6.07, 6.45) is 0. The van der Waals surface area contributed by atoms with Crippen molar-refractivity contribution in [2.45, 2.75) is 40.7 Å². The summed E-state index contributed by atoms with van der Waals surface area (Å²) in [4.78, 5) is 13.9. The zero-order chi connectivity index (χ0) is 16.0. The second kappa shape index (κ2) is 8.15. The van der Waals surface area contributed by atoms with Crippen molar-refractivity contribution in [2.24, 2.45) is 0 Å². The fourth-order valence-electron chi connectivity index (χ4n) is 2.53. The number of carboxylic acids is 1. The van der Waals surface area contributed by atoms with Crippen molar-refractivity contribution in [2.75, 3.05) is 26.2 Å². The minimum absolute atomic E-state index is 0.639. The lowest BCUT2D eigenvalue weighted by Gasteiger charge is -2.22. The number of aliphatic carboxylic acids is 1. The lowest BCUT2D eigenvalue weighted by molar-refractivity contribution is -0.139. The van der Waals surface area contributed by atoms with Gasteiger partial charge in [0.1, 0.15) is 6.04 Å². The van der Waals surface area contributed by atoms with Gasteiger partial charge < -0.3 is 10.0 Å². The normalized spacial score (nSPS) is 12.7. The number of hydrogen-bond donors (Lipinski definition) is 2. The van der Waals surface area contributed by atoms with Gasteiger partial charge in [0.25, 0.3) is 0 Å². The standard InChI is InChI=1S/C17H28N2O2/c1-6-19(7-2)9-8-18-16(17(20)21)15-11-13(4)12(3)10-14(15)5/h10-11,16,18H,6-9H2,1-5H3,(H,20,21). The first-order valence-electron chi connectivity index (χ1n) is 7.66. The number of likely N-dealkylation sites (N-methyl/N-ethyl adjacent to an activating group) is 1. The van der Waals surface area contributed by atoms with Gasteiger partial charge in [-0.3, -0.25) is 10.1 Å². The third-order valence-electron chi connectivity index (χ3n) is 4.11. The molecule has 4 nitrogen and oxygen atoms in total. The number of hydrogen-bond acceptors (Lipinski definition) is 3. The second-order valence-electron chi connectivity index (χ2n) is 5.55. The molecule has 0 bridgehead atoms. The van der Waals surface area contributed by atoms with E-state index in [1.807, 2.05) is 19.9 Å². The van der Waals surface area contributed by atoms with E-state index in [-0.39, 0.29) is 0 Å². The van der Waals surface area contributed by atoms with Crippen molar-refractivity contribution in [3.05, 3.63) is 34.4 Å². The molecule has 0 amide bonds. The first-order valence-corrected chi connectivity index (χ1v) is 7.66. The summed E-state index contributed by atoms with van der Waals surface area (Å²) in [5.74, 6) is -0.819. The molecule has 0 heterocycles. The van der Waals surface area contributed by atoms with E-state index in [0.29, 0.717) is 6.54 Å². The second-order valence-corrected chi connectivity index (χ2v) is 5.55. The molecule has 2 N–H and O–H groups in total. The van der Waals surface area contributed by atoms with Crippen molar-refractivity contribution >= 4 is 5.97 Å². The molecular formula is C17H28N2O2. The molecule has 0 fully saturated rings. The van der Waals surface area contributed by atoms with E-state index in [2.05, 4.69) is 37.1 Å². The van der Waals surface area contributed by atoms with Crippen LogP contribution in [-0.4, -0.2) is 42.2 Å². The smallest absolute Gasteiger partial charge is 0.325 e. The Bertz CT molecular complexity index is 482. The van der Waals surface area contributed by atoms with E-state index in [9.17, 15) is 9.90 Å². The zero-order valence-electron chi connectivity index (χ0n) is 13.9. The number of carbonyl (C=O) groups is 1. The minimum Gasteiger partial charge on any atom is -0.480 e.